The van der Waals surface area contributed by atoms with E-state index in [1.165, 1.54) is 21.3 Å². The normalized spacial score (nSPS) is 18.7. The number of nitrogens with one attached hydrogen (secondary N) is 1. The molecule has 0 radical (unpaired) electrons. The number of amides is 1. The van der Waals surface area contributed by atoms with Gasteiger partial charge < -0.3 is 19.9 Å². The largest absolute Gasteiger partial charge is 0.493 e. The van der Waals surface area contributed by atoms with Gasteiger partial charge in [-0.15, -0.1) is 0 Å². The summed E-state index contributed by atoms with van der Waals surface area (Å²) >= 11 is 6.14. The summed E-state index contributed by atoms with van der Waals surface area (Å²) in [6.45, 7) is 0. The van der Waals surface area contributed by atoms with Crippen molar-refractivity contribution in [2.24, 2.45) is 10.7 Å². The van der Waals surface area contributed by atoms with Gasteiger partial charge in [-0.2, -0.15) is 0 Å². The van der Waals surface area contributed by atoms with Crippen LogP contribution < -0.4 is 25.3 Å². The molecule has 1 aliphatic rings. The molecule has 0 unspecified atom stereocenters. The molecule has 0 fully saturated rings. The highest BCUT2D eigenvalue weighted by Gasteiger charge is 2.45. The minimum Gasteiger partial charge on any atom is -0.493 e. The zero-order valence-corrected chi connectivity index (χ0v) is 16.0. The van der Waals surface area contributed by atoms with Crippen LogP contribution in [0, 0.1) is 0 Å². The maximum absolute atomic E-state index is 12.8. The summed E-state index contributed by atoms with van der Waals surface area (Å²) in [5.74, 6) is 1.19. The lowest BCUT2D eigenvalue weighted by atomic mass is 9.84. The Balaban J connectivity index is 2.13. The van der Waals surface area contributed by atoms with E-state index in [1.54, 1.807) is 36.4 Å². The van der Waals surface area contributed by atoms with Crippen LogP contribution in [-0.2, 0) is 16.8 Å². The molecule has 7 nitrogen and oxygen atoms in total. The first-order valence-corrected chi connectivity index (χ1v) is 8.53. The van der Waals surface area contributed by atoms with Crippen LogP contribution in [0.2, 0.25) is 5.02 Å². The van der Waals surface area contributed by atoms with Crippen molar-refractivity contribution in [1.29, 1.82) is 0 Å². The summed E-state index contributed by atoms with van der Waals surface area (Å²) in [6, 6.07) is 10.6. The van der Waals surface area contributed by atoms with Crippen LogP contribution in [0.5, 0.6) is 17.2 Å². The second-order valence-corrected chi connectivity index (χ2v) is 6.47. The van der Waals surface area contributed by atoms with Gasteiger partial charge in [0.25, 0.3) is 5.91 Å². The molecule has 27 heavy (non-hydrogen) atoms. The Bertz CT molecular complexity index is 891. The number of nitrogens with zero attached hydrogens (tertiary/aromatic N) is 1. The average Bonchev–Trinajstić information content (AvgIpc) is 2.94. The molecular weight excluding hydrogens is 370 g/mol. The van der Waals surface area contributed by atoms with Gasteiger partial charge in [-0.3, -0.25) is 10.1 Å². The first-order chi connectivity index (χ1) is 12.9. The van der Waals surface area contributed by atoms with Crippen molar-refractivity contribution in [3.63, 3.8) is 0 Å². The van der Waals surface area contributed by atoms with Gasteiger partial charge in [-0.1, -0.05) is 23.7 Å². The maximum atomic E-state index is 12.8. The van der Waals surface area contributed by atoms with Crippen molar-refractivity contribution < 1.29 is 19.0 Å². The number of hydrogen-bond donors (Lipinski definition) is 2. The van der Waals surface area contributed by atoms with Crippen LogP contribution in [0.3, 0.4) is 0 Å². The molecule has 1 amide bonds. The average molecular weight is 390 g/mol. The summed E-state index contributed by atoms with van der Waals surface area (Å²) in [5, 5.41) is 3.09. The predicted molar refractivity (Wildman–Crippen MR) is 103 cm³/mol. The molecule has 0 aromatic heterocycles. The number of rotatable bonds is 6. The van der Waals surface area contributed by atoms with Gasteiger partial charge in [-0.05, 0) is 35.4 Å². The van der Waals surface area contributed by atoms with Crippen LogP contribution in [-0.4, -0.2) is 33.2 Å². The zero-order chi connectivity index (χ0) is 19.6. The van der Waals surface area contributed by atoms with Crippen LogP contribution in [0.15, 0.2) is 41.4 Å². The fourth-order valence-corrected chi connectivity index (χ4v) is 3.39. The molecule has 1 aliphatic heterocycles. The molecule has 2 aromatic carbocycles. The number of aliphatic imine (C=N–C) groups is 1. The van der Waals surface area contributed by atoms with E-state index in [-0.39, 0.29) is 18.3 Å². The molecule has 8 heteroatoms. The van der Waals surface area contributed by atoms with E-state index in [2.05, 4.69) is 10.3 Å². The quantitative estimate of drug-likeness (QED) is 0.790. The van der Waals surface area contributed by atoms with E-state index in [4.69, 9.17) is 31.5 Å². The second-order valence-electron chi connectivity index (χ2n) is 6.03. The third-order valence-electron chi connectivity index (χ3n) is 4.42. The summed E-state index contributed by atoms with van der Waals surface area (Å²) < 4.78 is 16.2. The van der Waals surface area contributed by atoms with Gasteiger partial charge >= 0.3 is 0 Å². The molecule has 1 atom stereocenters. The van der Waals surface area contributed by atoms with E-state index in [1.807, 2.05) is 0 Å². The molecule has 0 bridgehead atoms. The first kappa shape index (κ1) is 18.8. The number of nitrogens with two attached hydrogens (primary N) is 1. The molecule has 1 heterocycles. The Hall–Kier alpha value is -2.93. The van der Waals surface area contributed by atoms with E-state index >= 15 is 0 Å². The van der Waals surface area contributed by atoms with Gasteiger partial charge in [0.1, 0.15) is 0 Å². The van der Waals surface area contributed by atoms with Crippen molar-refractivity contribution in [1.82, 2.24) is 5.32 Å². The topological polar surface area (TPSA) is 95.2 Å². The van der Waals surface area contributed by atoms with Gasteiger partial charge in [0.05, 0.1) is 21.3 Å². The van der Waals surface area contributed by atoms with Crippen molar-refractivity contribution in [2.45, 2.75) is 12.0 Å². The van der Waals surface area contributed by atoms with Crippen LogP contribution in [0.25, 0.3) is 0 Å². The number of methoxy groups -OCH3 is 3. The summed E-state index contributed by atoms with van der Waals surface area (Å²) in [4.78, 5) is 17.2. The van der Waals surface area contributed by atoms with Crippen molar-refractivity contribution >= 4 is 23.5 Å². The summed E-state index contributed by atoms with van der Waals surface area (Å²) in [5.41, 5.74) is 5.97. The van der Waals surface area contributed by atoms with Gasteiger partial charge in [-0.25, -0.2) is 4.99 Å². The first-order valence-electron chi connectivity index (χ1n) is 8.15. The monoisotopic (exact) mass is 389 g/mol. The van der Waals surface area contributed by atoms with Crippen molar-refractivity contribution in [3.8, 4) is 17.2 Å². The van der Waals surface area contributed by atoms with Crippen molar-refractivity contribution in [2.75, 3.05) is 21.3 Å². The Morgan fingerprint density at radius 3 is 2.26 bits per heavy atom. The highest BCUT2D eigenvalue weighted by molar-refractivity contribution is 6.30. The third kappa shape index (κ3) is 3.38. The maximum Gasteiger partial charge on any atom is 0.259 e. The molecule has 3 N–H and O–H groups in total. The number of carbonyl (C=O) groups excluding carboxylic acids is 1. The number of benzene rings is 2. The number of ether oxygens (including phenoxy) is 3. The molecule has 2 aromatic rings. The lowest BCUT2D eigenvalue weighted by molar-refractivity contribution is -0.124. The summed E-state index contributed by atoms with van der Waals surface area (Å²) in [7, 11) is 4.60. The van der Waals surface area contributed by atoms with E-state index in [9.17, 15) is 4.79 Å². The number of halogens is 1. The predicted octanol–water partition coefficient (Wildman–Crippen LogP) is 2.25. The fourth-order valence-electron chi connectivity index (χ4n) is 3.20. The second kappa shape index (κ2) is 7.36. The highest BCUT2D eigenvalue weighted by Crippen LogP contribution is 2.41. The molecule has 3 rings (SSSR count). The van der Waals surface area contributed by atoms with E-state index < -0.39 is 5.54 Å². The smallest absolute Gasteiger partial charge is 0.259 e. The van der Waals surface area contributed by atoms with Gasteiger partial charge in [0, 0.05) is 11.4 Å². The Morgan fingerprint density at radius 2 is 1.78 bits per heavy atom. The molecule has 142 valence electrons. The van der Waals surface area contributed by atoms with Crippen LogP contribution in [0.1, 0.15) is 11.1 Å². The van der Waals surface area contributed by atoms with E-state index in [0.717, 1.165) is 5.56 Å². The van der Waals surface area contributed by atoms with Crippen molar-refractivity contribution in [3.05, 3.63) is 52.5 Å². The Labute approximate surface area is 162 Å². The third-order valence-corrected chi connectivity index (χ3v) is 4.65. The zero-order valence-electron chi connectivity index (χ0n) is 15.2. The van der Waals surface area contributed by atoms with Crippen LogP contribution in [0.4, 0.5) is 0 Å². The molecule has 0 aliphatic carbocycles. The van der Waals surface area contributed by atoms with E-state index in [0.29, 0.717) is 27.8 Å². The number of carbonyl (C=O) groups is 1. The van der Waals surface area contributed by atoms with Crippen LogP contribution >= 0.6 is 11.6 Å². The SMILES string of the molecule is COc1cc(C[C@]2(c3cccc(Cl)c3)N=C(N)NC2=O)cc(OC)c1OC. The molecule has 0 spiro atoms. The molecular formula is C19H20ClN3O4. The minimum absolute atomic E-state index is 0.0624. The Morgan fingerprint density at radius 1 is 1.11 bits per heavy atom. The highest BCUT2D eigenvalue weighted by atomic mass is 35.5. The lowest BCUT2D eigenvalue weighted by Crippen LogP contribution is -2.40. The lowest BCUT2D eigenvalue weighted by Gasteiger charge is -2.25. The number of guanidine groups is 1. The minimum atomic E-state index is -1.24. The van der Waals surface area contributed by atoms with Gasteiger partial charge in [0.2, 0.25) is 5.75 Å². The standard InChI is InChI=1S/C19H20ClN3O4/c1-25-14-7-11(8-15(26-2)16(14)27-3)10-19(17(24)22-18(21)23-19)12-5-4-6-13(20)9-12/h4-9H,10H2,1-3H3,(H3,21,22,23,24)/t19-/m1/s1. The number of hydrogen-bond acceptors (Lipinski definition) is 6. The molecule has 0 saturated heterocycles. The summed E-state index contributed by atoms with van der Waals surface area (Å²) in [6.07, 6.45) is 0.233. The Kier molecular flexibility index (Phi) is 5.14. The molecule has 0 saturated carbocycles. The fraction of sp³-hybridized carbons (Fsp3) is 0.263. The van der Waals surface area contributed by atoms with Gasteiger partial charge in [0.15, 0.2) is 23.0 Å².